The molecule has 3 heterocycles. The molecule has 1 aromatic carbocycles. The van der Waals surface area contributed by atoms with Gasteiger partial charge in [0.2, 0.25) is 17.7 Å². The predicted molar refractivity (Wildman–Crippen MR) is 162 cm³/mol. The number of aromatic nitrogens is 3. The van der Waals surface area contributed by atoms with Gasteiger partial charge in [-0.3, -0.25) is 14.5 Å². The summed E-state index contributed by atoms with van der Waals surface area (Å²) < 4.78 is 92.1. The summed E-state index contributed by atoms with van der Waals surface area (Å²) in [4.78, 5) is 50.9. The number of benzene rings is 1. The summed E-state index contributed by atoms with van der Waals surface area (Å²) in [5.41, 5.74) is -3.06. The van der Waals surface area contributed by atoms with Crippen LogP contribution in [0.1, 0.15) is 73.7 Å². The lowest BCUT2D eigenvalue weighted by Crippen LogP contribution is -2.46. The van der Waals surface area contributed by atoms with Crippen LogP contribution in [0.2, 0.25) is 0 Å². The Bertz CT molecular complexity index is 1670. The van der Waals surface area contributed by atoms with E-state index in [4.69, 9.17) is 14.6 Å². The molecule has 0 unspecified atom stereocenters. The number of aliphatic carboxylic acids is 1. The van der Waals surface area contributed by atoms with E-state index in [-0.39, 0.29) is 42.3 Å². The molecule has 0 saturated carbocycles. The molecule has 12 nitrogen and oxygen atoms in total. The highest BCUT2D eigenvalue weighted by atomic mass is 19.4. The second kappa shape index (κ2) is 14.9. The molecule has 1 aliphatic heterocycles. The number of ether oxygens (including phenoxy) is 2. The molecule has 0 saturated heterocycles. The Balaban J connectivity index is 1.77. The van der Waals surface area contributed by atoms with Gasteiger partial charge in [0, 0.05) is 24.9 Å². The maximum atomic E-state index is 13.6. The van der Waals surface area contributed by atoms with Gasteiger partial charge in [-0.1, -0.05) is 6.92 Å². The second-order valence-corrected chi connectivity index (χ2v) is 10.9. The number of carboxylic acids is 1. The maximum absolute atomic E-state index is 13.6. The molecule has 2 amide bonds. The first-order chi connectivity index (χ1) is 23.0. The van der Waals surface area contributed by atoms with Crippen LogP contribution in [-0.2, 0) is 33.1 Å². The number of rotatable bonds is 11. The lowest BCUT2D eigenvalue weighted by atomic mass is 9.93. The Morgan fingerprint density at radius 3 is 2.24 bits per heavy atom. The molecule has 0 radical (unpaired) electrons. The van der Waals surface area contributed by atoms with Gasteiger partial charge in [0.15, 0.2) is 0 Å². The van der Waals surface area contributed by atoms with Gasteiger partial charge >= 0.3 is 24.4 Å². The topological polar surface area (TPSA) is 156 Å². The molecule has 49 heavy (non-hydrogen) atoms. The van der Waals surface area contributed by atoms with Crippen molar-refractivity contribution in [1.29, 1.82) is 0 Å². The van der Waals surface area contributed by atoms with Crippen molar-refractivity contribution < 1.29 is 55.3 Å². The van der Waals surface area contributed by atoms with E-state index in [1.54, 1.807) is 19.1 Å². The average molecular weight is 699 g/mol. The van der Waals surface area contributed by atoms with E-state index < -0.39 is 78.4 Å². The third-order valence-corrected chi connectivity index (χ3v) is 7.51. The fourth-order valence-corrected chi connectivity index (χ4v) is 5.26. The number of nitrogens with zero attached hydrogens (tertiary/aromatic N) is 4. The van der Waals surface area contributed by atoms with E-state index >= 15 is 0 Å². The number of carboxylic acid groups (broad SMARTS) is 1. The van der Waals surface area contributed by atoms with Gasteiger partial charge in [-0.05, 0) is 49.6 Å². The van der Waals surface area contributed by atoms with Gasteiger partial charge < -0.3 is 25.2 Å². The summed E-state index contributed by atoms with van der Waals surface area (Å²) in [6.45, 7) is 3.64. The van der Waals surface area contributed by atoms with Gasteiger partial charge in [0.1, 0.15) is 0 Å². The van der Waals surface area contributed by atoms with Crippen molar-refractivity contribution >= 4 is 35.3 Å². The summed E-state index contributed by atoms with van der Waals surface area (Å²) in [5.74, 6) is -1.97. The highest BCUT2D eigenvalue weighted by molar-refractivity contribution is 5.93. The molecule has 0 spiro atoms. The first kappa shape index (κ1) is 36.7. The third-order valence-electron chi connectivity index (χ3n) is 7.51. The van der Waals surface area contributed by atoms with Gasteiger partial charge in [0.25, 0.3) is 0 Å². The quantitative estimate of drug-likeness (QED) is 0.186. The van der Waals surface area contributed by atoms with Crippen molar-refractivity contribution in [2.24, 2.45) is 0 Å². The van der Waals surface area contributed by atoms with Crippen LogP contribution < -0.4 is 20.3 Å². The predicted octanol–water partition coefficient (Wildman–Crippen LogP) is 6.61. The van der Waals surface area contributed by atoms with E-state index in [1.807, 2.05) is 6.92 Å². The molecule has 2 atom stereocenters. The average Bonchev–Trinajstić information content (AvgIpc) is 3.03. The largest absolute Gasteiger partial charge is 0.481 e. The Morgan fingerprint density at radius 2 is 1.67 bits per heavy atom. The fraction of sp³-hybridized carbons (Fsp3) is 0.419. The molecular formula is C31H32F6N6O6. The molecule has 3 aromatic rings. The molecular weight excluding hydrogens is 666 g/mol. The van der Waals surface area contributed by atoms with Crippen LogP contribution in [-0.4, -0.2) is 57.8 Å². The molecule has 264 valence electrons. The van der Waals surface area contributed by atoms with E-state index in [1.165, 1.54) is 12.0 Å². The number of anilines is 3. The van der Waals surface area contributed by atoms with Crippen LogP contribution in [0.3, 0.4) is 0 Å². The van der Waals surface area contributed by atoms with Crippen LogP contribution in [0.5, 0.6) is 5.88 Å². The zero-order chi connectivity index (χ0) is 36.1. The SMILES string of the molecule is CCOC(=O)N1c2ccc(OC)nc2[C@@H](Nc2ncc(NC(=O)CCC(=O)O)c(Cc3cc(C(F)(F)F)cc(C(F)(F)F)c3)n2)C[C@H]1CC. The lowest BCUT2D eigenvalue weighted by Gasteiger charge is -2.39. The van der Waals surface area contributed by atoms with Crippen LogP contribution in [0.15, 0.2) is 36.5 Å². The molecule has 0 fully saturated rings. The zero-order valence-corrected chi connectivity index (χ0v) is 26.4. The number of fused-ring (bicyclic) bond motifs is 1. The maximum Gasteiger partial charge on any atom is 0.416 e. The molecule has 4 rings (SSSR count). The lowest BCUT2D eigenvalue weighted by molar-refractivity contribution is -0.143. The molecule has 0 bridgehead atoms. The first-order valence-corrected chi connectivity index (χ1v) is 15.0. The van der Waals surface area contributed by atoms with Crippen LogP contribution in [0, 0.1) is 0 Å². The Morgan fingerprint density at radius 1 is 1.00 bits per heavy atom. The smallest absolute Gasteiger partial charge is 0.416 e. The van der Waals surface area contributed by atoms with Crippen LogP contribution in [0.4, 0.5) is 48.5 Å². The Hall–Kier alpha value is -5.16. The van der Waals surface area contributed by atoms with Crippen molar-refractivity contribution in [1.82, 2.24) is 15.0 Å². The van der Waals surface area contributed by atoms with E-state index in [0.717, 1.165) is 6.20 Å². The van der Waals surface area contributed by atoms with E-state index in [0.29, 0.717) is 29.9 Å². The molecule has 0 aliphatic carbocycles. The fourth-order valence-electron chi connectivity index (χ4n) is 5.26. The minimum absolute atomic E-state index is 0.00340. The Labute approximate surface area is 275 Å². The van der Waals surface area contributed by atoms with Gasteiger partial charge in [-0.15, -0.1) is 0 Å². The van der Waals surface area contributed by atoms with Crippen molar-refractivity contribution in [3.05, 3.63) is 64.6 Å². The summed E-state index contributed by atoms with van der Waals surface area (Å²) >= 11 is 0. The molecule has 2 aromatic heterocycles. The number of hydrogen-bond acceptors (Lipinski definition) is 9. The van der Waals surface area contributed by atoms with Crippen LogP contribution in [0.25, 0.3) is 0 Å². The number of amides is 2. The van der Waals surface area contributed by atoms with Crippen molar-refractivity contribution in [3.8, 4) is 5.88 Å². The molecule has 18 heteroatoms. The van der Waals surface area contributed by atoms with Gasteiger partial charge in [0.05, 0.1) is 66.3 Å². The molecule has 1 aliphatic rings. The number of nitrogens with one attached hydrogen (secondary N) is 2. The summed E-state index contributed by atoms with van der Waals surface area (Å²) in [6, 6.07) is 3.21. The van der Waals surface area contributed by atoms with Crippen LogP contribution >= 0.6 is 0 Å². The number of methoxy groups -OCH3 is 1. The normalized spacial score (nSPS) is 16.1. The summed E-state index contributed by atoms with van der Waals surface area (Å²) in [6.07, 6.45) is -10.6. The highest BCUT2D eigenvalue weighted by Crippen LogP contribution is 2.41. The third kappa shape index (κ3) is 9.05. The minimum Gasteiger partial charge on any atom is -0.481 e. The van der Waals surface area contributed by atoms with Crippen molar-refractivity contribution in [3.63, 3.8) is 0 Å². The number of hydrogen-bond donors (Lipinski definition) is 3. The van der Waals surface area contributed by atoms with Gasteiger partial charge in [-0.25, -0.2) is 19.7 Å². The minimum atomic E-state index is -5.10. The number of carbonyl (C=O) groups is 3. The van der Waals surface area contributed by atoms with Gasteiger partial charge in [-0.2, -0.15) is 26.3 Å². The first-order valence-electron chi connectivity index (χ1n) is 15.0. The van der Waals surface area contributed by atoms with E-state index in [2.05, 4.69) is 25.6 Å². The zero-order valence-electron chi connectivity index (χ0n) is 26.4. The number of carbonyl (C=O) groups excluding carboxylic acids is 2. The van der Waals surface area contributed by atoms with E-state index in [9.17, 15) is 40.7 Å². The second-order valence-electron chi connectivity index (χ2n) is 10.9. The highest BCUT2D eigenvalue weighted by Gasteiger charge is 2.39. The monoisotopic (exact) mass is 698 g/mol. The number of halogens is 6. The number of pyridine rings is 1. The standard InChI is InChI=1S/C31H32F6N6O6/c1-4-19-14-21(27-23(6-8-25(42-27)48-3)43(19)29(47)49-5-2)41-28-38-15-22(39-24(44)7-9-26(45)46)20(40-28)12-16-10-17(30(32,33)34)13-18(11-16)31(35,36)37/h6,8,10-11,13,15,19,21H,4-5,7,9,12,14H2,1-3H3,(H,39,44)(H,45,46)(H,38,40,41)/t19-,21+/m1/s1. The Kier molecular flexibility index (Phi) is 11.2. The van der Waals surface area contributed by atoms with Crippen molar-refractivity contribution in [2.75, 3.05) is 29.3 Å². The van der Waals surface area contributed by atoms with Crippen molar-refractivity contribution in [2.45, 2.75) is 70.4 Å². The number of alkyl halides is 6. The molecule has 3 N–H and O–H groups in total. The summed E-state index contributed by atoms with van der Waals surface area (Å²) in [7, 11) is 1.40. The summed E-state index contributed by atoms with van der Waals surface area (Å²) in [5, 5.41) is 14.4.